The molecule has 1 fully saturated rings. The van der Waals surface area contributed by atoms with E-state index in [9.17, 15) is 4.79 Å². The fourth-order valence-corrected chi connectivity index (χ4v) is 3.39. The number of hydrogen-bond acceptors (Lipinski definition) is 3. The van der Waals surface area contributed by atoms with Gasteiger partial charge in [0, 0.05) is 19.1 Å². The van der Waals surface area contributed by atoms with Crippen molar-refractivity contribution in [1.82, 2.24) is 10.2 Å². The molecule has 2 atom stereocenters. The summed E-state index contributed by atoms with van der Waals surface area (Å²) in [7, 11) is 0. The smallest absolute Gasteiger partial charge is 0.263 e. The number of nitrogens with zero attached hydrogens (tertiary/aromatic N) is 1. The van der Waals surface area contributed by atoms with E-state index in [0.717, 1.165) is 30.8 Å². The number of carbonyl (C=O) groups excluding carboxylic acids is 1. The second-order valence-electron chi connectivity index (χ2n) is 6.83. The van der Waals surface area contributed by atoms with Gasteiger partial charge in [-0.1, -0.05) is 55.5 Å². The Morgan fingerprint density at radius 1 is 1.15 bits per heavy atom. The molecule has 2 aromatic rings. The van der Waals surface area contributed by atoms with Gasteiger partial charge < -0.3 is 15.0 Å². The fraction of sp³-hybridized carbons (Fsp3) is 0.409. The maximum absolute atomic E-state index is 13.2. The lowest BCUT2D eigenvalue weighted by Gasteiger charge is -2.29. The molecule has 1 N–H and O–H groups in total. The van der Waals surface area contributed by atoms with Gasteiger partial charge in [0.1, 0.15) is 5.75 Å². The number of nitrogens with one attached hydrogen (secondary N) is 1. The van der Waals surface area contributed by atoms with E-state index < -0.39 is 6.10 Å². The third-order valence-electron chi connectivity index (χ3n) is 4.80. The highest BCUT2D eigenvalue weighted by atomic mass is 16.5. The molecule has 1 aliphatic heterocycles. The van der Waals surface area contributed by atoms with Crippen molar-refractivity contribution >= 4 is 5.91 Å². The van der Waals surface area contributed by atoms with Gasteiger partial charge in [0.15, 0.2) is 6.10 Å². The van der Waals surface area contributed by atoms with Crippen LogP contribution in [0.4, 0.5) is 0 Å². The van der Waals surface area contributed by atoms with Crippen LogP contribution >= 0.6 is 0 Å². The molecule has 0 aliphatic carbocycles. The average Bonchev–Trinajstić information content (AvgIpc) is 3.20. The summed E-state index contributed by atoms with van der Waals surface area (Å²) in [6, 6.07) is 20.1. The second-order valence-corrected chi connectivity index (χ2v) is 6.83. The molecule has 2 aromatic carbocycles. The molecule has 3 rings (SSSR count). The summed E-state index contributed by atoms with van der Waals surface area (Å²) in [6.07, 6.45) is 2.49. The van der Waals surface area contributed by atoms with Crippen LogP contribution < -0.4 is 10.1 Å². The van der Waals surface area contributed by atoms with Crippen LogP contribution in [0.1, 0.15) is 31.7 Å². The predicted octanol–water partition coefficient (Wildman–Crippen LogP) is 3.62. The number of benzene rings is 2. The highest BCUT2D eigenvalue weighted by molar-refractivity contribution is 5.81. The minimum Gasteiger partial charge on any atom is -0.481 e. The van der Waals surface area contributed by atoms with Crippen molar-refractivity contribution in [3.05, 3.63) is 66.2 Å². The third kappa shape index (κ3) is 5.09. The molecule has 0 saturated carbocycles. The van der Waals surface area contributed by atoms with Gasteiger partial charge in [0.2, 0.25) is 0 Å². The third-order valence-corrected chi connectivity index (χ3v) is 4.80. The van der Waals surface area contributed by atoms with Crippen LogP contribution in [0.3, 0.4) is 0 Å². The van der Waals surface area contributed by atoms with Crippen LogP contribution in [-0.2, 0) is 11.3 Å². The molecular weight excluding hydrogens is 324 g/mol. The zero-order valence-corrected chi connectivity index (χ0v) is 15.4. The minimum absolute atomic E-state index is 0.0638. The van der Waals surface area contributed by atoms with Crippen LogP contribution in [0.2, 0.25) is 0 Å². The summed E-state index contributed by atoms with van der Waals surface area (Å²) >= 11 is 0. The molecule has 1 saturated heterocycles. The summed E-state index contributed by atoms with van der Waals surface area (Å²) in [6.45, 7) is 4.38. The van der Waals surface area contributed by atoms with Gasteiger partial charge in [0.25, 0.3) is 5.91 Å². The van der Waals surface area contributed by atoms with Gasteiger partial charge in [-0.05, 0) is 43.5 Å². The standard InChI is InChI=1S/C22H28N2O2/c1-2-21(26-20-13-7-4-8-14-20)22(25)24(17-19-12-9-15-23-19)16-18-10-5-3-6-11-18/h3-8,10-11,13-14,19,21,23H,2,9,12,15-17H2,1H3/t19-,21?/m1/s1. The van der Waals surface area contributed by atoms with Crippen molar-refractivity contribution in [1.29, 1.82) is 0 Å². The molecule has 138 valence electrons. The van der Waals surface area contributed by atoms with Crippen LogP contribution in [0, 0.1) is 0 Å². The highest BCUT2D eigenvalue weighted by Crippen LogP contribution is 2.17. The molecule has 4 heteroatoms. The first kappa shape index (κ1) is 18.5. The molecule has 1 aliphatic rings. The van der Waals surface area contributed by atoms with E-state index in [4.69, 9.17) is 4.74 Å². The van der Waals surface area contributed by atoms with E-state index >= 15 is 0 Å². The lowest BCUT2D eigenvalue weighted by Crippen LogP contribution is -2.46. The van der Waals surface area contributed by atoms with Crippen LogP contribution in [0.15, 0.2) is 60.7 Å². The zero-order chi connectivity index (χ0) is 18.2. The molecule has 1 unspecified atom stereocenters. The lowest BCUT2D eigenvalue weighted by atomic mass is 10.1. The topological polar surface area (TPSA) is 41.6 Å². The summed E-state index contributed by atoms with van der Waals surface area (Å²) in [5.74, 6) is 0.806. The Morgan fingerprint density at radius 3 is 2.46 bits per heavy atom. The first-order valence-electron chi connectivity index (χ1n) is 9.54. The Labute approximate surface area is 156 Å². The van der Waals surface area contributed by atoms with Crippen molar-refractivity contribution in [2.75, 3.05) is 13.1 Å². The monoisotopic (exact) mass is 352 g/mol. The maximum atomic E-state index is 13.2. The lowest BCUT2D eigenvalue weighted by molar-refractivity contribution is -0.139. The Balaban J connectivity index is 1.73. The van der Waals surface area contributed by atoms with E-state index in [2.05, 4.69) is 17.4 Å². The van der Waals surface area contributed by atoms with E-state index in [1.807, 2.05) is 60.4 Å². The summed E-state index contributed by atoms with van der Waals surface area (Å²) < 4.78 is 6.00. The van der Waals surface area contributed by atoms with Gasteiger partial charge in [-0.3, -0.25) is 4.79 Å². The quantitative estimate of drug-likeness (QED) is 0.789. The molecule has 0 aromatic heterocycles. The average molecular weight is 352 g/mol. The second kappa shape index (κ2) is 9.39. The van der Waals surface area contributed by atoms with Gasteiger partial charge in [0.05, 0.1) is 0 Å². The zero-order valence-electron chi connectivity index (χ0n) is 15.4. The Hall–Kier alpha value is -2.33. The van der Waals surface area contributed by atoms with Crippen LogP contribution in [-0.4, -0.2) is 36.0 Å². The molecule has 0 bridgehead atoms. The van der Waals surface area contributed by atoms with Gasteiger partial charge >= 0.3 is 0 Å². The summed E-state index contributed by atoms with van der Waals surface area (Å²) in [4.78, 5) is 15.2. The van der Waals surface area contributed by atoms with Gasteiger partial charge in [-0.15, -0.1) is 0 Å². The molecule has 26 heavy (non-hydrogen) atoms. The Kier molecular flexibility index (Phi) is 6.67. The van der Waals surface area contributed by atoms with Crippen molar-refractivity contribution in [2.45, 2.75) is 44.9 Å². The number of hydrogen-bond donors (Lipinski definition) is 1. The fourth-order valence-electron chi connectivity index (χ4n) is 3.39. The normalized spacial score (nSPS) is 17.7. The number of para-hydroxylation sites is 1. The number of ether oxygens (including phenoxy) is 1. The van der Waals surface area contributed by atoms with E-state index in [1.54, 1.807) is 0 Å². The number of carbonyl (C=O) groups is 1. The van der Waals surface area contributed by atoms with Gasteiger partial charge in [-0.2, -0.15) is 0 Å². The Morgan fingerprint density at radius 2 is 1.85 bits per heavy atom. The SMILES string of the molecule is CCC(Oc1ccccc1)C(=O)N(Cc1ccccc1)C[C@H]1CCCN1. The van der Waals surface area contributed by atoms with E-state index in [-0.39, 0.29) is 5.91 Å². The van der Waals surface area contributed by atoms with Crippen molar-refractivity contribution in [2.24, 2.45) is 0 Å². The largest absolute Gasteiger partial charge is 0.481 e. The molecule has 4 nitrogen and oxygen atoms in total. The molecule has 0 radical (unpaired) electrons. The van der Waals surface area contributed by atoms with E-state index in [0.29, 0.717) is 19.0 Å². The van der Waals surface area contributed by atoms with Gasteiger partial charge in [-0.25, -0.2) is 0 Å². The molecule has 0 spiro atoms. The van der Waals surface area contributed by atoms with Crippen LogP contribution in [0.25, 0.3) is 0 Å². The molecule has 1 heterocycles. The summed E-state index contributed by atoms with van der Waals surface area (Å²) in [5, 5.41) is 3.50. The van der Waals surface area contributed by atoms with Crippen molar-refractivity contribution in [3.8, 4) is 5.75 Å². The first-order chi connectivity index (χ1) is 12.8. The highest BCUT2D eigenvalue weighted by Gasteiger charge is 2.28. The Bertz CT molecular complexity index is 669. The summed E-state index contributed by atoms with van der Waals surface area (Å²) in [5.41, 5.74) is 1.15. The minimum atomic E-state index is -0.456. The van der Waals surface area contributed by atoms with Crippen molar-refractivity contribution in [3.63, 3.8) is 0 Å². The molecular formula is C22H28N2O2. The maximum Gasteiger partial charge on any atom is 0.263 e. The van der Waals surface area contributed by atoms with Crippen LogP contribution in [0.5, 0.6) is 5.75 Å². The van der Waals surface area contributed by atoms with Crippen molar-refractivity contribution < 1.29 is 9.53 Å². The van der Waals surface area contributed by atoms with E-state index in [1.165, 1.54) is 6.42 Å². The number of amides is 1. The predicted molar refractivity (Wildman–Crippen MR) is 104 cm³/mol. The molecule has 1 amide bonds. The first-order valence-corrected chi connectivity index (χ1v) is 9.54. The number of rotatable bonds is 8.